The molecular formula is C21H30O4. The molecule has 1 N–H and O–H groups in total. The van der Waals surface area contributed by atoms with Gasteiger partial charge in [0.2, 0.25) is 0 Å². The number of esters is 1. The van der Waals surface area contributed by atoms with Crippen molar-refractivity contribution in [3.8, 4) is 0 Å². The predicted octanol–water partition coefficient (Wildman–Crippen LogP) is 3.42. The topological polar surface area (TPSA) is 63.6 Å². The Hall–Kier alpha value is -1.16. The van der Waals surface area contributed by atoms with Crippen molar-refractivity contribution in [2.45, 2.75) is 77.4 Å². The van der Waals surface area contributed by atoms with Crippen LogP contribution >= 0.6 is 0 Å². The van der Waals surface area contributed by atoms with Crippen molar-refractivity contribution in [3.05, 3.63) is 11.6 Å². The second-order valence-electron chi connectivity index (χ2n) is 9.09. The molecular weight excluding hydrogens is 316 g/mol. The Kier molecular flexibility index (Phi) is 4.10. The number of carbonyl (C=O) groups is 2. The fourth-order valence-corrected chi connectivity index (χ4v) is 6.98. The molecule has 0 aliphatic heterocycles. The standard InChI is InChI=1S/C21H30O4/c1-13(23)25-19-6-5-17-16-4-3-14-11-15(24)7-10-21(14,12-22)18(16)8-9-20(17,19)2/h11-12,15-19,24H,3-10H2,1-2H3/t15?,16-,17-,18+,19?,20-,21+/m0/s1. The Morgan fingerprint density at radius 2 is 2.00 bits per heavy atom. The molecule has 138 valence electrons. The fraction of sp³-hybridized carbons (Fsp3) is 0.810. The minimum Gasteiger partial charge on any atom is -0.462 e. The van der Waals surface area contributed by atoms with E-state index in [1.807, 2.05) is 6.08 Å². The van der Waals surface area contributed by atoms with Crippen LogP contribution in [0.1, 0.15) is 65.2 Å². The van der Waals surface area contributed by atoms with Gasteiger partial charge in [0.15, 0.2) is 0 Å². The summed E-state index contributed by atoms with van der Waals surface area (Å²) in [6, 6.07) is 0. The first-order chi connectivity index (χ1) is 11.9. The van der Waals surface area contributed by atoms with Gasteiger partial charge in [-0.25, -0.2) is 0 Å². The Labute approximate surface area is 150 Å². The maximum absolute atomic E-state index is 12.3. The van der Waals surface area contributed by atoms with Crippen molar-refractivity contribution in [3.63, 3.8) is 0 Å². The van der Waals surface area contributed by atoms with E-state index >= 15 is 0 Å². The Morgan fingerprint density at radius 1 is 1.20 bits per heavy atom. The zero-order valence-electron chi connectivity index (χ0n) is 15.4. The number of rotatable bonds is 2. The number of hydrogen-bond acceptors (Lipinski definition) is 4. The summed E-state index contributed by atoms with van der Waals surface area (Å²) in [5, 5.41) is 10.0. The molecule has 0 amide bonds. The molecule has 7 atom stereocenters. The lowest BCUT2D eigenvalue weighted by molar-refractivity contribution is -0.157. The molecule has 25 heavy (non-hydrogen) atoms. The van der Waals surface area contributed by atoms with Crippen molar-refractivity contribution in [2.24, 2.45) is 28.6 Å². The van der Waals surface area contributed by atoms with Gasteiger partial charge in [-0.2, -0.15) is 0 Å². The summed E-state index contributed by atoms with van der Waals surface area (Å²) in [5.41, 5.74) is 0.913. The maximum Gasteiger partial charge on any atom is 0.302 e. The molecule has 0 saturated heterocycles. The number of ether oxygens (including phenoxy) is 1. The molecule has 0 bridgehead atoms. The van der Waals surface area contributed by atoms with Crippen LogP contribution in [0.15, 0.2) is 11.6 Å². The average Bonchev–Trinajstić information content (AvgIpc) is 2.90. The van der Waals surface area contributed by atoms with Crippen LogP contribution < -0.4 is 0 Å². The molecule has 4 aliphatic carbocycles. The highest BCUT2D eigenvalue weighted by Gasteiger charge is 2.61. The monoisotopic (exact) mass is 346 g/mol. The van der Waals surface area contributed by atoms with Gasteiger partial charge in [-0.15, -0.1) is 0 Å². The molecule has 0 aromatic carbocycles. The van der Waals surface area contributed by atoms with Crippen LogP contribution in [0.3, 0.4) is 0 Å². The van der Waals surface area contributed by atoms with Gasteiger partial charge in [0.25, 0.3) is 0 Å². The molecule has 0 heterocycles. The van der Waals surface area contributed by atoms with Gasteiger partial charge in [-0.3, -0.25) is 4.79 Å². The summed E-state index contributed by atoms with van der Waals surface area (Å²) in [6.45, 7) is 3.81. The largest absolute Gasteiger partial charge is 0.462 e. The van der Waals surface area contributed by atoms with E-state index in [0.29, 0.717) is 24.2 Å². The van der Waals surface area contributed by atoms with Crippen LogP contribution in [0, 0.1) is 28.6 Å². The van der Waals surface area contributed by atoms with Crippen LogP contribution in [0.4, 0.5) is 0 Å². The van der Waals surface area contributed by atoms with Crippen LogP contribution in [0.25, 0.3) is 0 Å². The number of aldehydes is 1. The smallest absolute Gasteiger partial charge is 0.302 e. The van der Waals surface area contributed by atoms with E-state index in [0.717, 1.165) is 44.9 Å². The van der Waals surface area contributed by atoms with Gasteiger partial charge in [0, 0.05) is 12.3 Å². The first-order valence-electron chi connectivity index (χ1n) is 9.93. The third-order valence-electron chi connectivity index (χ3n) is 8.12. The summed E-state index contributed by atoms with van der Waals surface area (Å²) in [5.74, 6) is 1.30. The lowest BCUT2D eigenvalue weighted by atomic mass is 9.47. The molecule has 3 saturated carbocycles. The number of aliphatic hydroxyl groups is 1. The van der Waals surface area contributed by atoms with Crippen LogP contribution in [0.2, 0.25) is 0 Å². The van der Waals surface area contributed by atoms with E-state index in [4.69, 9.17) is 4.74 Å². The first-order valence-corrected chi connectivity index (χ1v) is 9.93. The van der Waals surface area contributed by atoms with Crippen molar-refractivity contribution in [1.82, 2.24) is 0 Å². The zero-order chi connectivity index (χ0) is 17.8. The molecule has 0 aromatic heterocycles. The number of hydrogen-bond donors (Lipinski definition) is 1. The summed E-state index contributed by atoms with van der Waals surface area (Å²) in [7, 11) is 0. The van der Waals surface area contributed by atoms with Gasteiger partial charge < -0.3 is 14.6 Å². The highest BCUT2D eigenvalue weighted by molar-refractivity contribution is 5.67. The van der Waals surface area contributed by atoms with Crippen LogP contribution in [0.5, 0.6) is 0 Å². The Bertz CT molecular complexity index is 611. The van der Waals surface area contributed by atoms with Gasteiger partial charge in [-0.05, 0) is 69.1 Å². The summed E-state index contributed by atoms with van der Waals surface area (Å²) in [4.78, 5) is 23.8. The van der Waals surface area contributed by atoms with Crippen molar-refractivity contribution >= 4 is 12.3 Å². The van der Waals surface area contributed by atoms with Crippen molar-refractivity contribution in [2.75, 3.05) is 0 Å². The lowest BCUT2D eigenvalue weighted by Gasteiger charge is -2.57. The molecule has 3 fully saturated rings. The predicted molar refractivity (Wildman–Crippen MR) is 93.7 cm³/mol. The van der Waals surface area contributed by atoms with E-state index in [9.17, 15) is 14.7 Å². The quantitative estimate of drug-likeness (QED) is 0.473. The SMILES string of the molecule is CC(=O)OC1CC[C@H]2[C@@H]3CCC4=CC(O)CC[C@]4(C=O)[C@@H]3CC[C@]12C. The maximum atomic E-state index is 12.3. The van der Waals surface area contributed by atoms with E-state index in [1.54, 1.807) is 0 Å². The van der Waals surface area contributed by atoms with Gasteiger partial charge >= 0.3 is 5.97 Å². The molecule has 2 unspecified atom stereocenters. The normalized spacial score (nSPS) is 48.6. The summed E-state index contributed by atoms with van der Waals surface area (Å²) >= 11 is 0. The summed E-state index contributed by atoms with van der Waals surface area (Å²) < 4.78 is 5.68. The minimum absolute atomic E-state index is 0.0354. The Morgan fingerprint density at radius 3 is 2.72 bits per heavy atom. The van der Waals surface area contributed by atoms with E-state index in [2.05, 4.69) is 6.92 Å². The van der Waals surface area contributed by atoms with E-state index in [-0.39, 0.29) is 29.0 Å². The zero-order valence-corrected chi connectivity index (χ0v) is 15.4. The molecule has 4 heteroatoms. The van der Waals surface area contributed by atoms with E-state index < -0.39 is 0 Å². The average molecular weight is 346 g/mol. The fourth-order valence-electron chi connectivity index (χ4n) is 6.98. The lowest BCUT2D eigenvalue weighted by Crippen LogP contribution is -2.53. The third-order valence-corrected chi connectivity index (χ3v) is 8.12. The number of aliphatic hydroxyl groups excluding tert-OH is 1. The molecule has 0 aromatic rings. The molecule has 4 aliphatic rings. The second-order valence-corrected chi connectivity index (χ2v) is 9.09. The van der Waals surface area contributed by atoms with Crippen LogP contribution in [-0.4, -0.2) is 29.6 Å². The molecule has 4 nitrogen and oxygen atoms in total. The third kappa shape index (κ3) is 2.43. The van der Waals surface area contributed by atoms with Crippen molar-refractivity contribution < 1.29 is 19.4 Å². The van der Waals surface area contributed by atoms with Gasteiger partial charge in [0.05, 0.1) is 11.5 Å². The number of allylic oxidation sites excluding steroid dienone is 1. The highest BCUT2D eigenvalue weighted by Crippen LogP contribution is 2.65. The Balaban J connectivity index is 1.65. The second kappa shape index (κ2) is 5.94. The summed E-state index contributed by atoms with van der Waals surface area (Å²) in [6.07, 6.45) is 10.5. The van der Waals surface area contributed by atoms with Gasteiger partial charge in [0.1, 0.15) is 12.4 Å². The van der Waals surface area contributed by atoms with Crippen molar-refractivity contribution in [1.29, 1.82) is 0 Å². The first kappa shape index (κ1) is 17.3. The van der Waals surface area contributed by atoms with Gasteiger partial charge in [-0.1, -0.05) is 18.6 Å². The molecule has 0 radical (unpaired) electrons. The minimum atomic E-state index is -0.381. The van der Waals surface area contributed by atoms with Crippen LogP contribution in [-0.2, 0) is 14.3 Å². The number of fused-ring (bicyclic) bond motifs is 5. The highest BCUT2D eigenvalue weighted by atomic mass is 16.5. The molecule has 4 rings (SSSR count). The molecule has 0 spiro atoms. The van der Waals surface area contributed by atoms with E-state index in [1.165, 1.54) is 18.8 Å². The number of carbonyl (C=O) groups excluding carboxylic acids is 2.